The van der Waals surface area contributed by atoms with Gasteiger partial charge in [0.15, 0.2) is 0 Å². The van der Waals surface area contributed by atoms with E-state index in [9.17, 15) is 0 Å². The van der Waals surface area contributed by atoms with E-state index in [1.807, 2.05) is 6.26 Å². The molecule has 0 atom stereocenters. The van der Waals surface area contributed by atoms with Crippen molar-refractivity contribution in [2.45, 2.75) is 33.1 Å². The summed E-state index contributed by atoms with van der Waals surface area (Å²) >= 11 is 0. The zero-order valence-corrected chi connectivity index (χ0v) is 8.62. The highest BCUT2D eigenvalue weighted by molar-refractivity contribution is 5.07. The minimum atomic E-state index is 1.01. The van der Waals surface area contributed by atoms with Crippen LogP contribution in [0.1, 0.15) is 33.1 Å². The summed E-state index contributed by atoms with van der Waals surface area (Å²) in [6.45, 7) is 6.69. The maximum absolute atomic E-state index is 5.17. The normalized spacial score (nSPS) is 15.1. The molecule has 1 aliphatic rings. The van der Waals surface area contributed by atoms with Crippen molar-refractivity contribution < 1.29 is 4.74 Å². The lowest BCUT2D eigenvalue weighted by Crippen LogP contribution is -2.25. The van der Waals surface area contributed by atoms with E-state index in [1.54, 1.807) is 6.26 Å². The van der Waals surface area contributed by atoms with Crippen LogP contribution in [0.2, 0.25) is 0 Å². The molecule has 0 aliphatic carbocycles. The van der Waals surface area contributed by atoms with Crippen molar-refractivity contribution in [3.63, 3.8) is 0 Å². The summed E-state index contributed by atoms with van der Waals surface area (Å²) in [6.07, 6.45) is 9.08. The highest BCUT2D eigenvalue weighted by atomic mass is 16.5. The first-order chi connectivity index (χ1) is 6.38. The summed E-state index contributed by atoms with van der Waals surface area (Å²) in [7, 11) is 0. The van der Waals surface area contributed by atoms with Crippen LogP contribution in [0, 0.1) is 0 Å². The summed E-state index contributed by atoms with van der Waals surface area (Å²) in [6, 6.07) is 0. The van der Waals surface area contributed by atoms with E-state index < -0.39 is 0 Å². The van der Waals surface area contributed by atoms with Crippen molar-refractivity contribution in [1.29, 1.82) is 0 Å². The standard InChI is InChI=1S/C11H19NO/c1-3-7-12(8-4-2)11-6-5-9-13-10-11/h5,9-10H,3-4,6-8H2,1-2H3. The predicted molar refractivity (Wildman–Crippen MR) is 55.1 cm³/mol. The fourth-order valence-corrected chi connectivity index (χ4v) is 1.53. The number of nitrogens with zero attached hydrogens (tertiary/aromatic N) is 1. The van der Waals surface area contributed by atoms with Crippen molar-refractivity contribution in [3.05, 3.63) is 24.3 Å². The van der Waals surface area contributed by atoms with Gasteiger partial charge < -0.3 is 9.64 Å². The number of allylic oxidation sites excluding steroid dienone is 1. The molecule has 2 nitrogen and oxygen atoms in total. The van der Waals surface area contributed by atoms with E-state index in [-0.39, 0.29) is 0 Å². The Morgan fingerprint density at radius 2 is 2.00 bits per heavy atom. The van der Waals surface area contributed by atoms with Crippen molar-refractivity contribution in [2.75, 3.05) is 13.1 Å². The molecule has 0 bridgehead atoms. The van der Waals surface area contributed by atoms with Crippen molar-refractivity contribution in [3.8, 4) is 0 Å². The molecule has 0 spiro atoms. The topological polar surface area (TPSA) is 12.5 Å². The van der Waals surface area contributed by atoms with Gasteiger partial charge in [-0.2, -0.15) is 0 Å². The summed E-state index contributed by atoms with van der Waals surface area (Å²) in [5.74, 6) is 0. The van der Waals surface area contributed by atoms with Crippen LogP contribution in [0.5, 0.6) is 0 Å². The molecule has 74 valence electrons. The van der Waals surface area contributed by atoms with Gasteiger partial charge in [-0.15, -0.1) is 0 Å². The van der Waals surface area contributed by atoms with E-state index in [4.69, 9.17) is 4.74 Å². The Hall–Kier alpha value is -0.920. The predicted octanol–water partition coefficient (Wildman–Crippen LogP) is 2.88. The largest absolute Gasteiger partial charge is 0.471 e. The number of rotatable bonds is 5. The van der Waals surface area contributed by atoms with Crippen molar-refractivity contribution in [2.24, 2.45) is 0 Å². The Kier molecular flexibility index (Phi) is 4.44. The van der Waals surface area contributed by atoms with Gasteiger partial charge in [0.05, 0.1) is 12.0 Å². The molecule has 0 unspecified atom stereocenters. The molecule has 0 aromatic heterocycles. The highest BCUT2D eigenvalue weighted by Gasteiger charge is 2.08. The van der Waals surface area contributed by atoms with E-state index in [1.165, 1.54) is 18.5 Å². The first kappa shape index (κ1) is 10.2. The third kappa shape index (κ3) is 3.13. The Morgan fingerprint density at radius 3 is 2.46 bits per heavy atom. The minimum absolute atomic E-state index is 1.01. The van der Waals surface area contributed by atoms with Crippen molar-refractivity contribution in [1.82, 2.24) is 4.90 Å². The first-order valence-corrected chi connectivity index (χ1v) is 5.13. The second kappa shape index (κ2) is 5.68. The smallest absolute Gasteiger partial charge is 0.110 e. The van der Waals surface area contributed by atoms with Crippen LogP contribution in [0.3, 0.4) is 0 Å². The van der Waals surface area contributed by atoms with Crippen LogP contribution in [0.25, 0.3) is 0 Å². The van der Waals surface area contributed by atoms with Crippen LogP contribution in [-0.2, 0) is 4.74 Å². The lowest BCUT2D eigenvalue weighted by molar-refractivity contribution is 0.298. The average Bonchev–Trinajstić information content (AvgIpc) is 2.19. The molecule has 0 saturated heterocycles. The van der Waals surface area contributed by atoms with Gasteiger partial charge in [-0.1, -0.05) is 13.8 Å². The van der Waals surface area contributed by atoms with E-state index in [0.29, 0.717) is 0 Å². The fraction of sp³-hybridized carbons (Fsp3) is 0.636. The molecule has 13 heavy (non-hydrogen) atoms. The molecule has 1 aliphatic heterocycles. The Bertz CT molecular complexity index is 190. The zero-order chi connectivity index (χ0) is 9.52. The van der Waals surface area contributed by atoms with E-state index >= 15 is 0 Å². The summed E-state index contributed by atoms with van der Waals surface area (Å²) < 4.78 is 5.17. The molecule has 0 amide bonds. The molecule has 1 heterocycles. The number of hydrogen-bond donors (Lipinski definition) is 0. The second-order valence-corrected chi connectivity index (χ2v) is 3.31. The van der Waals surface area contributed by atoms with Gasteiger partial charge in [-0.25, -0.2) is 0 Å². The van der Waals surface area contributed by atoms with Crippen LogP contribution >= 0.6 is 0 Å². The Labute approximate surface area is 80.9 Å². The van der Waals surface area contributed by atoms with E-state index in [0.717, 1.165) is 19.5 Å². The molecule has 0 aromatic rings. The molecule has 0 radical (unpaired) electrons. The number of hydrogen-bond acceptors (Lipinski definition) is 2. The third-order valence-electron chi connectivity index (χ3n) is 2.10. The maximum atomic E-state index is 5.17. The zero-order valence-electron chi connectivity index (χ0n) is 8.62. The maximum Gasteiger partial charge on any atom is 0.110 e. The van der Waals surface area contributed by atoms with E-state index in [2.05, 4.69) is 24.8 Å². The fourth-order valence-electron chi connectivity index (χ4n) is 1.53. The second-order valence-electron chi connectivity index (χ2n) is 3.31. The molecule has 0 saturated carbocycles. The van der Waals surface area contributed by atoms with Gasteiger partial charge in [-0.3, -0.25) is 0 Å². The van der Waals surface area contributed by atoms with Crippen LogP contribution < -0.4 is 0 Å². The van der Waals surface area contributed by atoms with Crippen LogP contribution in [0.15, 0.2) is 24.3 Å². The molecule has 2 heteroatoms. The lowest BCUT2D eigenvalue weighted by Gasteiger charge is -2.26. The van der Waals surface area contributed by atoms with Gasteiger partial charge in [0, 0.05) is 19.5 Å². The van der Waals surface area contributed by atoms with Gasteiger partial charge in [0.25, 0.3) is 0 Å². The summed E-state index contributed by atoms with van der Waals surface area (Å²) in [4.78, 5) is 2.41. The molecule has 0 fully saturated rings. The monoisotopic (exact) mass is 181 g/mol. The van der Waals surface area contributed by atoms with Crippen LogP contribution in [0.4, 0.5) is 0 Å². The summed E-state index contributed by atoms with van der Waals surface area (Å²) in [5.41, 5.74) is 1.31. The van der Waals surface area contributed by atoms with Gasteiger partial charge in [0.1, 0.15) is 6.26 Å². The highest BCUT2D eigenvalue weighted by Crippen LogP contribution is 2.15. The lowest BCUT2D eigenvalue weighted by atomic mass is 10.2. The minimum Gasteiger partial charge on any atom is -0.471 e. The average molecular weight is 181 g/mol. The van der Waals surface area contributed by atoms with Crippen LogP contribution in [-0.4, -0.2) is 18.0 Å². The van der Waals surface area contributed by atoms with Gasteiger partial charge in [-0.05, 0) is 18.9 Å². The quantitative estimate of drug-likeness (QED) is 0.646. The number of ether oxygens (including phenoxy) is 1. The summed E-state index contributed by atoms with van der Waals surface area (Å²) in [5, 5.41) is 0. The van der Waals surface area contributed by atoms with Gasteiger partial charge in [0.2, 0.25) is 0 Å². The first-order valence-electron chi connectivity index (χ1n) is 5.13. The molecular weight excluding hydrogens is 162 g/mol. The molecule has 0 aromatic carbocycles. The third-order valence-corrected chi connectivity index (χ3v) is 2.10. The molecule has 1 rings (SSSR count). The molecular formula is C11H19NO. The SMILES string of the molecule is CCCN(CCC)C1=COC=CC1. The molecule has 0 N–H and O–H groups in total. The Morgan fingerprint density at radius 1 is 1.31 bits per heavy atom. The van der Waals surface area contributed by atoms with Crippen molar-refractivity contribution >= 4 is 0 Å². The Balaban J connectivity index is 2.47. The van der Waals surface area contributed by atoms with Gasteiger partial charge >= 0.3 is 0 Å².